The van der Waals surface area contributed by atoms with Gasteiger partial charge < -0.3 is 19.7 Å². The molecule has 1 aliphatic heterocycles. The van der Waals surface area contributed by atoms with Gasteiger partial charge in [0.15, 0.2) is 0 Å². The predicted molar refractivity (Wildman–Crippen MR) is 74.4 cm³/mol. The summed E-state index contributed by atoms with van der Waals surface area (Å²) in [5, 5.41) is 10.9. The van der Waals surface area contributed by atoms with E-state index in [1.54, 1.807) is 4.90 Å². The van der Waals surface area contributed by atoms with Gasteiger partial charge in [0.1, 0.15) is 0 Å². The van der Waals surface area contributed by atoms with Crippen LogP contribution in [0.1, 0.15) is 0 Å². The summed E-state index contributed by atoms with van der Waals surface area (Å²) in [6, 6.07) is 7.56. The van der Waals surface area contributed by atoms with Crippen LogP contribution in [-0.4, -0.2) is 43.0 Å². The Kier molecular flexibility index (Phi) is 4.63. The second-order valence-electron chi connectivity index (χ2n) is 4.44. The Morgan fingerprint density at radius 2 is 1.85 bits per heavy atom. The maximum atomic E-state index is 11.7. The van der Waals surface area contributed by atoms with Crippen LogP contribution in [0, 0.1) is 0 Å². The molecule has 1 aliphatic rings. The lowest BCUT2D eigenvalue weighted by Crippen LogP contribution is -2.48. The fourth-order valence-electron chi connectivity index (χ4n) is 2.10. The Bertz CT molecular complexity index is 537. The number of halogens is 1. The standard InChI is InChI=1S/C14H15ClN2O3/c15-11-2-1-3-12(10-11)16-6-8-17(9-7-16)13(18)4-5-14(19)20/h1-5,10H,6-9H2,(H,19,20)/p-1/b5-4-. The van der Waals surface area contributed by atoms with Crippen LogP contribution >= 0.6 is 11.6 Å². The van der Waals surface area contributed by atoms with Gasteiger partial charge in [-0.2, -0.15) is 0 Å². The minimum atomic E-state index is -1.36. The zero-order valence-electron chi connectivity index (χ0n) is 10.8. The summed E-state index contributed by atoms with van der Waals surface area (Å²) >= 11 is 5.95. The van der Waals surface area contributed by atoms with Gasteiger partial charge in [-0.1, -0.05) is 17.7 Å². The van der Waals surface area contributed by atoms with E-state index in [1.807, 2.05) is 24.3 Å². The number of carbonyl (C=O) groups excluding carboxylic acids is 2. The quantitative estimate of drug-likeness (QED) is 0.752. The van der Waals surface area contributed by atoms with Crippen molar-refractivity contribution >= 4 is 29.2 Å². The van der Waals surface area contributed by atoms with Gasteiger partial charge in [0.2, 0.25) is 5.91 Å². The second-order valence-corrected chi connectivity index (χ2v) is 4.88. The summed E-state index contributed by atoms with van der Waals surface area (Å²) in [6.45, 7) is 2.46. The van der Waals surface area contributed by atoms with Crippen LogP contribution in [0.25, 0.3) is 0 Å². The van der Waals surface area contributed by atoms with E-state index in [0.29, 0.717) is 31.2 Å². The smallest absolute Gasteiger partial charge is 0.246 e. The molecule has 5 nitrogen and oxygen atoms in total. The summed E-state index contributed by atoms with van der Waals surface area (Å²) in [6.07, 6.45) is 1.79. The third kappa shape index (κ3) is 3.74. The molecule has 0 aromatic heterocycles. The van der Waals surface area contributed by atoms with E-state index in [0.717, 1.165) is 17.8 Å². The number of carboxylic acids is 1. The van der Waals surface area contributed by atoms with E-state index in [2.05, 4.69) is 4.90 Å². The van der Waals surface area contributed by atoms with Crippen LogP contribution in [0.2, 0.25) is 5.02 Å². The Morgan fingerprint density at radius 3 is 2.45 bits per heavy atom. The van der Waals surface area contributed by atoms with E-state index in [9.17, 15) is 14.7 Å². The molecule has 0 radical (unpaired) electrons. The molecule has 6 heteroatoms. The molecule has 1 amide bonds. The van der Waals surface area contributed by atoms with Crippen molar-refractivity contribution in [1.82, 2.24) is 4.90 Å². The molecule has 1 saturated heterocycles. The van der Waals surface area contributed by atoms with E-state index in [-0.39, 0.29) is 5.91 Å². The number of anilines is 1. The van der Waals surface area contributed by atoms with Gasteiger partial charge in [-0.25, -0.2) is 0 Å². The molecule has 1 heterocycles. The lowest BCUT2D eigenvalue weighted by molar-refractivity contribution is -0.297. The first-order chi connectivity index (χ1) is 9.56. The molecule has 1 aromatic rings. The molecule has 0 N–H and O–H groups in total. The molecular weight excluding hydrogens is 280 g/mol. The first kappa shape index (κ1) is 14.4. The molecule has 0 atom stereocenters. The highest BCUT2D eigenvalue weighted by Gasteiger charge is 2.19. The monoisotopic (exact) mass is 293 g/mol. The Balaban J connectivity index is 1.92. The molecule has 0 aliphatic carbocycles. The number of amides is 1. The van der Waals surface area contributed by atoms with Gasteiger partial charge in [0, 0.05) is 43.0 Å². The zero-order chi connectivity index (χ0) is 14.5. The Hall–Kier alpha value is -2.01. The van der Waals surface area contributed by atoms with Crippen molar-refractivity contribution in [2.24, 2.45) is 0 Å². The highest BCUT2D eigenvalue weighted by Crippen LogP contribution is 2.20. The molecule has 0 saturated carbocycles. The van der Waals surface area contributed by atoms with Crippen LogP contribution in [0.4, 0.5) is 5.69 Å². The molecule has 106 valence electrons. The van der Waals surface area contributed by atoms with Crippen LogP contribution in [0.5, 0.6) is 0 Å². The lowest BCUT2D eigenvalue weighted by atomic mass is 10.2. The number of piperazine rings is 1. The molecular formula is C14H14ClN2O3-. The maximum Gasteiger partial charge on any atom is 0.246 e. The molecule has 1 fully saturated rings. The van der Waals surface area contributed by atoms with Gasteiger partial charge in [0.25, 0.3) is 0 Å². The molecule has 20 heavy (non-hydrogen) atoms. The van der Waals surface area contributed by atoms with Crippen LogP contribution in [0.15, 0.2) is 36.4 Å². The molecule has 1 aromatic carbocycles. The minimum absolute atomic E-state index is 0.306. The number of rotatable bonds is 3. The van der Waals surface area contributed by atoms with Gasteiger partial charge in [0.05, 0.1) is 5.97 Å². The average Bonchev–Trinajstić information content (AvgIpc) is 2.45. The molecule has 0 spiro atoms. The number of nitrogens with zero attached hydrogens (tertiary/aromatic N) is 2. The fourth-order valence-corrected chi connectivity index (χ4v) is 2.29. The van der Waals surface area contributed by atoms with E-state index in [1.165, 1.54) is 0 Å². The summed E-state index contributed by atoms with van der Waals surface area (Å²) < 4.78 is 0. The van der Waals surface area contributed by atoms with Crippen LogP contribution in [-0.2, 0) is 9.59 Å². The Labute approximate surface area is 122 Å². The van der Waals surface area contributed by atoms with Gasteiger partial charge >= 0.3 is 0 Å². The predicted octanol–water partition coefficient (Wildman–Crippen LogP) is 0.295. The van der Waals surface area contributed by atoms with Crippen molar-refractivity contribution in [3.63, 3.8) is 0 Å². The van der Waals surface area contributed by atoms with Crippen LogP contribution < -0.4 is 10.0 Å². The second kappa shape index (κ2) is 6.43. The lowest BCUT2D eigenvalue weighted by Gasteiger charge is -2.35. The van der Waals surface area contributed by atoms with Crippen molar-refractivity contribution in [3.8, 4) is 0 Å². The number of hydrogen-bond acceptors (Lipinski definition) is 4. The van der Waals surface area contributed by atoms with Crippen molar-refractivity contribution < 1.29 is 14.7 Å². The van der Waals surface area contributed by atoms with Crippen molar-refractivity contribution in [3.05, 3.63) is 41.4 Å². The highest BCUT2D eigenvalue weighted by atomic mass is 35.5. The first-order valence-corrected chi connectivity index (χ1v) is 6.62. The van der Waals surface area contributed by atoms with Crippen molar-refractivity contribution in [2.75, 3.05) is 31.1 Å². The Morgan fingerprint density at radius 1 is 1.15 bits per heavy atom. The SMILES string of the molecule is O=C([O-])/C=C\C(=O)N1CCN(c2cccc(Cl)c2)CC1. The highest BCUT2D eigenvalue weighted by molar-refractivity contribution is 6.30. The normalized spacial score (nSPS) is 15.7. The summed E-state index contributed by atoms with van der Waals surface area (Å²) in [4.78, 5) is 25.7. The molecule has 0 unspecified atom stereocenters. The largest absolute Gasteiger partial charge is 0.545 e. The number of carbonyl (C=O) groups is 2. The first-order valence-electron chi connectivity index (χ1n) is 6.25. The number of aliphatic carboxylic acids is 1. The summed E-state index contributed by atoms with van der Waals surface area (Å²) in [5.41, 5.74) is 1.02. The number of hydrogen-bond donors (Lipinski definition) is 0. The fraction of sp³-hybridized carbons (Fsp3) is 0.286. The van der Waals surface area contributed by atoms with E-state index >= 15 is 0 Å². The number of carboxylic acid groups (broad SMARTS) is 1. The van der Waals surface area contributed by atoms with E-state index in [4.69, 9.17) is 11.6 Å². The van der Waals surface area contributed by atoms with Crippen molar-refractivity contribution in [1.29, 1.82) is 0 Å². The molecule has 2 rings (SSSR count). The minimum Gasteiger partial charge on any atom is -0.545 e. The summed E-state index contributed by atoms with van der Waals surface area (Å²) in [7, 11) is 0. The maximum absolute atomic E-state index is 11.7. The van der Waals surface area contributed by atoms with Gasteiger partial charge in [-0.3, -0.25) is 4.79 Å². The topological polar surface area (TPSA) is 63.7 Å². The van der Waals surface area contributed by atoms with Gasteiger partial charge in [-0.15, -0.1) is 0 Å². The molecule has 0 bridgehead atoms. The average molecular weight is 294 g/mol. The van der Waals surface area contributed by atoms with Gasteiger partial charge in [-0.05, 0) is 24.3 Å². The summed E-state index contributed by atoms with van der Waals surface area (Å²) in [5.74, 6) is -1.67. The van der Waals surface area contributed by atoms with Crippen molar-refractivity contribution in [2.45, 2.75) is 0 Å². The van der Waals surface area contributed by atoms with E-state index < -0.39 is 5.97 Å². The third-order valence-corrected chi connectivity index (χ3v) is 3.36. The third-order valence-electron chi connectivity index (χ3n) is 3.13. The zero-order valence-corrected chi connectivity index (χ0v) is 11.5. The number of benzene rings is 1. The van der Waals surface area contributed by atoms with Crippen LogP contribution in [0.3, 0.4) is 0 Å².